The molecule has 90 valence electrons. The lowest BCUT2D eigenvalue weighted by Gasteiger charge is -2.23. The highest BCUT2D eigenvalue weighted by Gasteiger charge is 2.31. The molecule has 1 fully saturated rings. The van der Waals surface area contributed by atoms with Crippen molar-refractivity contribution in [2.75, 3.05) is 18.1 Å². The first-order chi connectivity index (χ1) is 8.13. The number of benzene rings is 1. The summed E-state index contributed by atoms with van der Waals surface area (Å²) in [6, 6.07) is 5.47. The van der Waals surface area contributed by atoms with Gasteiger partial charge in [0, 0.05) is 30.8 Å². The Morgan fingerprint density at radius 1 is 1.41 bits per heavy atom. The van der Waals surface area contributed by atoms with Crippen LogP contribution in [0.4, 0.5) is 11.4 Å². The maximum Gasteiger partial charge on any atom is 0.269 e. The van der Waals surface area contributed by atoms with Gasteiger partial charge in [0.15, 0.2) is 5.78 Å². The standard InChI is InChI=1S/C11H12N2O4/c14-7-10-11(15)5-6-12(10)8-1-3-9(4-2-8)13(16)17/h1-4,10,14H,5-7H2. The number of Topliss-reactive ketones (excluding diaryl/α,β-unsaturated/α-hetero) is 1. The van der Waals surface area contributed by atoms with E-state index < -0.39 is 11.0 Å². The van der Waals surface area contributed by atoms with Crippen LogP contribution in [0, 0.1) is 10.1 Å². The van der Waals surface area contributed by atoms with E-state index in [4.69, 9.17) is 5.11 Å². The molecule has 6 nitrogen and oxygen atoms in total. The van der Waals surface area contributed by atoms with E-state index in [0.717, 1.165) is 5.69 Å². The molecule has 1 saturated heterocycles. The first-order valence-electron chi connectivity index (χ1n) is 5.28. The fourth-order valence-electron chi connectivity index (χ4n) is 2.00. The van der Waals surface area contributed by atoms with Crippen LogP contribution < -0.4 is 4.90 Å². The number of nitrogens with zero attached hydrogens (tertiary/aromatic N) is 2. The number of aliphatic hydroxyl groups is 1. The van der Waals surface area contributed by atoms with Crippen LogP contribution in [-0.2, 0) is 4.79 Å². The summed E-state index contributed by atoms with van der Waals surface area (Å²) in [5.41, 5.74) is 0.736. The fourth-order valence-corrected chi connectivity index (χ4v) is 2.00. The molecule has 0 saturated carbocycles. The topological polar surface area (TPSA) is 83.7 Å². The molecule has 1 aliphatic rings. The average Bonchev–Trinajstić information content (AvgIpc) is 2.70. The second-order valence-corrected chi connectivity index (χ2v) is 3.88. The number of nitro benzene ring substituents is 1. The van der Waals surface area contributed by atoms with Gasteiger partial charge in [0.05, 0.1) is 11.5 Å². The Balaban J connectivity index is 2.23. The zero-order valence-electron chi connectivity index (χ0n) is 9.07. The molecule has 1 aromatic rings. The normalized spacial score (nSPS) is 19.7. The molecular weight excluding hydrogens is 224 g/mol. The first-order valence-corrected chi connectivity index (χ1v) is 5.28. The lowest BCUT2D eigenvalue weighted by Crippen LogP contribution is -2.36. The van der Waals surface area contributed by atoms with E-state index in [2.05, 4.69) is 0 Å². The SMILES string of the molecule is O=C1CCN(c2ccc([N+](=O)[O-])cc2)C1CO. The van der Waals surface area contributed by atoms with Crippen molar-refractivity contribution >= 4 is 17.2 Å². The Hall–Kier alpha value is -1.95. The van der Waals surface area contributed by atoms with Gasteiger partial charge < -0.3 is 10.0 Å². The molecule has 0 bridgehead atoms. The number of carbonyl (C=O) groups is 1. The second kappa shape index (κ2) is 4.50. The molecule has 1 aromatic carbocycles. The van der Waals surface area contributed by atoms with Crippen LogP contribution in [0.2, 0.25) is 0 Å². The van der Waals surface area contributed by atoms with E-state index in [9.17, 15) is 14.9 Å². The van der Waals surface area contributed by atoms with Crippen LogP contribution in [0.5, 0.6) is 0 Å². The number of rotatable bonds is 3. The molecule has 0 spiro atoms. The van der Waals surface area contributed by atoms with Gasteiger partial charge in [-0.2, -0.15) is 0 Å². The number of non-ortho nitro benzene ring substituents is 1. The smallest absolute Gasteiger partial charge is 0.269 e. The van der Waals surface area contributed by atoms with E-state index in [1.807, 2.05) is 0 Å². The van der Waals surface area contributed by atoms with Gasteiger partial charge in [-0.3, -0.25) is 14.9 Å². The van der Waals surface area contributed by atoms with E-state index in [0.29, 0.717) is 13.0 Å². The lowest BCUT2D eigenvalue weighted by molar-refractivity contribution is -0.384. The second-order valence-electron chi connectivity index (χ2n) is 3.88. The van der Waals surface area contributed by atoms with E-state index >= 15 is 0 Å². The van der Waals surface area contributed by atoms with Crippen LogP contribution in [-0.4, -0.2) is 35.0 Å². The van der Waals surface area contributed by atoms with E-state index in [1.165, 1.54) is 12.1 Å². The Morgan fingerprint density at radius 3 is 2.59 bits per heavy atom. The van der Waals surface area contributed by atoms with Crippen molar-refractivity contribution in [2.24, 2.45) is 0 Å². The highest BCUT2D eigenvalue weighted by molar-refractivity contribution is 5.91. The minimum Gasteiger partial charge on any atom is -0.394 e. The van der Waals surface area contributed by atoms with Gasteiger partial charge in [-0.1, -0.05) is 0 Å². The average molecular weight is 236 g/mol. The summed E-state index contributed by atoms with van der Waals surface area (Å²) in [6.45, 7) is 0.317. The fraction of sp³-hybridized carbons (Fsp3) is 0.364. The molecule has 1 unspecified atom stereocenters. The summed E-state index contributed by atoms with van der Waals surface area (Å²) in [5, 5.41) is 19.6. The number of aliphatic hydroxyl groups excluding tert-OH is 1. The van der Waals surface area contributed by atoms with E-state index in [-0.39, 0.29) is 18.1 Å². The molecule has 0 amide bonds. The van der Waals surface area contributed by atoms with E-state index in [1.54, 1.807) is 17.0 Å². The van der Waals surface area contributed by atoms with Gasteiger partial charge >= 0.3 is 0 Å². The number of hydrogen-bond donors (Lipinski definition) is 1. The largest absolute Gasteiger partial charge is 0.394 e. The number of ketones is 1. The highest BCUT2D eigenvalue weighted by Crippen LogP contribution is 2.25. The first kappa shape index (κ1) is 11.5. The molecule has 17 heavy (non-hydrogen) atoms. The van der Waals surface area contributed by atoms with Crippen molar-refractivity contribution in [1.29, 1.82) is 0 Å². The van der Waals surface area contributed by atoms with Gasteiger partial charge in [-0.25, -0.2) is 0 Å². The van der Waals surface area contributed by atoms with Crippen molar-refractivity contribution in [3.05, 3.63) is 34.4 Å². The molecule has 6 heteroatoms. The minimum absolute atomic E-state index is 0.00542. The third kappa shape index (κ3) is 2.12. The van der Waals surface area contributed by atoms with Crippen LogP contribution in [0.1, 0.15) is 6.42 Å². The molecule has 1 heterocycles. The number of hydrogen-bond acceptors (Lipinski definition) is 5. The molecule has 1 aliphatic heterocycles. The van der Waals surface area contributed by atoms with Crippen molar-refractivity contribution in [3.8, 4) is 0 Å². The summed E-state index contributed by atoms with van der Waals surface area (Å²) in [5.74, 6) is 0.00542. The number of anilines is 1. The van der Waals surface area contributed by atoms with Crippen molar-refractivity contribution < 1.29 is 14.8 Å². The number of nitro groups is 1. The summed E-state index contributed by atoms with van der Waals surface area (Å²) < 4.78 is 0. The predicted octanol–water partition coefficient (Wildman–Crippen LogP) is 0.735. The zero-order chi connectivity index (χ0) is 12.4. The third-order valence-corrected chi connectivity index (χ3v) is 2.91. The summed E-state index contributed by atoms with van der Waals surface area (Å²) in [4.78, 5) is 23.3. The summed E-state index contributed by atoms with van der Waals surface area (Å²) in [6.07, 6.45) is 0.405. The van der Waals surface area contributed by atoms with Crippen LogP contribution >= 0.6 is 0 Å². The Morgan fingerprint density at radius 2 is 2.06 bits per heavy atom. The molecule has 0 aromatic heterocycles. The molecule has 0 aliphatic carbocycles. The van der Waals surface area contributed by atoms with Gasteiger partial charge in [0.2, 0.25) is 0 Å². The van der Waals surface area contributed by atoms with Gasteiger partial charge in [-0.15, -0.1) is 0 Å². The van der Waals surface area contributed by atoms with Gasteiger partial charge in [-0.05, 0) is 12.1 Å². The van der Waals surface area contributed by atoms with Gasteiger partial charge in [0.25, 0.3) is 5.69 Å². The number of carbonyl (C=O) groups excluding carboxylic acids is 1. The van der Waals surface area contributed by atoms with Crippen LogP contribution in [0.3, 0.4) is 0 Å². The Bertz CT molecular complexity index is 443. The van der Waals surface area contributed by atoms with Crippen LogP contribution in [0.25, 0.3) is 0 Å². The van der Waals surface area contributed by atoms with Crippen molar-refractivity contribution in [3.63, 3.8) is 0 Å². The predicted molar refractivity (Wildman–Crippen MR) is 60.9 cm³/mol. The highest BCUT2D eigenvalue weighted by atomic mass is 16.6. The summed E-state index contributed by atoms with van der Waals surface area (Å²) >= 11 is 0. The Labute approximate surface area is 97.6 Å². The molecule has 0 radical (unpaired) electrons. The molecule has 1 atom stereocenters. The maximum absolute atomic E-state index is 11.5. The summed E-state index contributed by atoms with van der Waals surface area (Å²) in [7, 11) is 0. The van der Waals surface area contributed by atoms with Crippen molar-refractivity contribution in [2.45, 2.75) is 12.5 Å². The molecular formula is C11H12N2O4. The molecule has 2 rings (SSSR count). The van der Waals surface area contributed by atoms with Gasteiger partial charge in [0.1, 0.15) is 6.04 Å². The van der Waals surface area contributed by atoms with Crippen LogP contribution in [0.15, 0.2) is 24.3 Å². The Kier molecular flexibility index (Phi) is 3.06. The maximum atomic E-state index is 11.5. The zero-order valence-corrected chi connectivity index (χ0v) is 9.07. The lowest BCUT2D eigenvalue weighted by atomic mass is 10.2. The minimum atomic E-state index is -0.517. The quantitative estimate of drug-likeness (QED) is 0.618. The van der Waals surface area contributed by atoms with Crippen molar-refractivity contribution in [1.82, 2.24) is 0 Å². The third-order valence-electron chi connectivity index (χ3n) is 2.91. The monoisotopic (exact) mass is 236 g/mol. The molecule has 1 N–H and O–H groups in total.